The Kier molecular flexibility index (Phi) is 5.36. The summed E-state index contributed by atoms with van der Waals surface area (Å²) in [5.74, 6) is -0.874. The zero-order chi connectivity index (χ0) is 17.8. The summed E-state index contributed by atoms with van der Waals surface area (Å²) in [6, 6.07) is 18.9. The number of hydrogen-bond donors (Lipinski definition) is 3. The van der Waals surface area contributed by atoms with Gasteiger partial charge in [-0.15, -0.1) is 0 Å². The first-order valence-corrected chi connectivity index (χ1v) is 8.80. The molecule has 0 aliphatic carbocycles. The summed E-state index contributed by atoms with van der Waals surface area (Å²) in [7, 11) is 0. The van der Waals surface area contributed by atoms with Gasteiger partial charge in [-0.25, -0.2) is 0 Å². The molecule has 0 aromatic heterocycles. The highest BCUT2D eigenvalue weighted by atomic mass is 79.9. The molecular weight excluding hydrogens is 380 g/mol. The van der Waals surface area contributed by atoms with Gasteiger partial charge in [0, 0.05) is 16.7 Å². The number of carboxylic acid groups (broad SMARTS) is 1. The van der Waals surface area contributed by atoms with Crippen LogP contribution < -0.4 is 11.1 Å². The van der Waals surface area contributed by atoms with Gasteiger partial charge in [0.25, 0.3) is 0 Å². The number of halogens is 1. The zero-order valence-electron chi connectivity index (χ0n) is 13.6. The van der Waals surface area contributed by atoms with Gasteiger partial charge in [-0.3, -0.25) is 10.1 Å². The van der Waals surface area contributed by atoms with Crippen LogP contribution in [0.3, 0.4) is 0 Å². The normalized spacial score (nSPS) is 12.2. The Morgan fingerprint density at radius 3 is 2.64 bits per heavy atom. The number of anilines is 1. The lowest BCUT2D eigenvalue weighted by Crippen LogP contribution is -2.38. The Labute approximate surface area is 154 Å². The van der Waals surface area contributed by atoms with Gasteiger partial charge in [-0.1, -0.05) is 58.4 Å². The van der Waals surface area contributed by atoms with Crippen molar-refractivity contribution in [1.29, 1.82) is 0 Å². The van der Waals surface area contributed by atoms with Gasteiger partial charge in [-0.2, -0.15) is 0 Å². The second-order valence-electron chi connectivity index (χ2n) is 5.96. The standard InChI is InChI=1S/C20H19BrN2O2/c21-16-8-9-18(22)15(10-16)12-23-19(20(24)25)11-14-6-3-5-13-4-1-2-7-17(13)14/h1-10,19,23H,11-12,22H2,(H,24,25). The molecule has 1 unspecified atom stereocenters. The summed E-state index contributed by atoms with van der Waals surface area (Å²) < 4.78 is 0.916. The van der Waals surface area contributed by atoms with Crippen molar-refractivity contribution in [2.24, 2.45) is 0 Å². The van der Waals surface area contributed by atoms with Crippen LogP contribution in [-0.4, -0.2) is 17.1 Å². The molecule has 0 spiro atoms. The van der Waals surface area contributed by atoms with Crippen molar-refractivity contribution in [3.05, 3.63) is 76.3 Å². The van der Waals surface area contributed by atoms with Crippen LogP contribution in [0.2, 0.25) is 0 Å². The summed E-state index contributed by atoms with van der Waals surface area (Å²) in [4.78, 5) is 11.7. The number of nitrogens with two attached hydrogens (primary N) is 1. The summed E-state index contributed by atoms with van der Waals surface area (Å²) in [5.41, 5.74) is 8.50. The number of carbonyl (C=O) groups is 1. The van der Waals surface area contributed by atoms with Gasteiger partial charge in [-0.05, 0) is 46.5 Å². The molecule has 0 bridgehead atoms. The molecule has 0 fully saturated rings. The van der Waals surface area contributed by atoms with E-state index in [9.17, 15) is 9.90 Å². The van der Waals surface area contributed by atoms with E-state index >= 15 is 0 Å². The van der Waals surface area contributed by atoms with Crippen molar-refractivity contribution in [3.63, 3.8) is 0 Å². The third-order valence-electron chi connectivity index (χ3n) is 4.25. The van der Waals surface area contributed by atoms with E-state index in [4.69, 9.17) is 5.73 Å². The van der Waals surface area contributed by atoms with Crippen molar-refractivity contribution in [3.8, 4) is 0 Å². The average molecular weight is 399 g/mol. The smallest absolute Gasteiger partial charge is 0.321 e. The highest BCUT2D eigenvalue weighted by molar-refractivity contribution is 9.10. The Morgan fingerprint density at radius 1 is 1.08 bits per heavy atom. The molecule has 3 aromatic rings. The number of nitrogen functional groups attached to an aromatic ring is 1. The molecule has 3 aromatic carbocycles. The predicted molar refractivity (Wildman–Crippen MR) is 104 cm³/mol. The van der Waals surface area contributed by atoms with Gasteiger partial charge >= 0.3 is 5.97 Å². The molecule has 0 radical (unpaired) electrons. The maximum Gasteiger partial charge on any atom is 0.321 e. The van der Waals surface area contributed by atoms with Crippen LogP contribution in [0.1, 0.15) is 11.1 Å². The van der Waals surface area contributed by atoms with Crippen LogP contribution in [0.5, 0.6) is 0 Å². The molecule has 128 valence electrons. The molecule has 0 heterocycles. The lowest BCUT2D eigenvalue weighted by Gasteiger charge is -2.17. The minimum absolute atomic E-state index is 0.396. The van der Waals surface area contributed by atoms with Gasteiger partial charge in [0.05, 0.1) is 0 Å². The van der Waals surface area contributed by atoms with E-state index in [0.29, 0.717) is 18.7 Å². The molecule has 25 heavy (non-hydrogen) atoms. The van der Waals surface area contributed by atoms with E-state index in [0.717, 1.165) is 26.4 Å². The van der Waals surface area contributed by atoms with Crippen LogP contribution in [0.4, 0.5) is 5.69 Å². The Hall–Kier alpha value is -2.37. The average Bonchev–Trinajstić information content (AvgIpc) is 2.61. The maximum absolute atomic E-state index is 11.7. The SMILES string of the molecule is Nc1ccc(Br)cc1CNC(Cc1cccc2ccccc12)C(=O)O. The fraction of sp³-hybridized carbons (Fsp3) is 0.150. The van der Waals surface area contributed by atoms with Crippen LogP contribution in [0.15, 0.2) is 65.1 Å². The first-order valence-electron chi connectivity index (χ1n) is 8.01. The number of hydrogen-bond acceptors (Lipinski definition) is 3. The summed E-state index contributed by atoms with van der Waals surface area (Å²) >= 11 is 3.41. The van der Waals surface area contributed by atoms with E-state index < -0.39 is 12.0 Å². The lowest BCUT2D eigenvalue weighted by atomic mass is 9.98. The van der Waals surface area contributed by atoms with E-state index in [1.807, 2.05) is 60.7 Å². The van der Waals surface area contributed by atoms with Gasteiger partial charge in [0.1, 0.15) is 6.04 Å². The summed E-state index contributed by atoms with van der Waals surface area (Å²) in [6.07, 6.45) is 0.407. The predicted octanol–water partition coefficient (Wildman–Crippen LogP) is 3.97. The van der Waals surface area contributed by atoms with Gasteiger partial charge < -0.3 is 10.8 Å². The second-order valence-corrected chi connectivity index (χ2v) is 6.87. The van der Waals surface area contributed by atoms with Crippen LogP contribution in [0.25, 0.3) is 10.8 Å². The topological polar surface area (TPSA) is 75.3 Å². The molecule has 5 heteroatoms. The fourth-order valence-corrected chi connectivity index (χ4v) is 3.31. The first kappa shape index (κ1) is 17.5. The molecule has 3 rings (SSSR count). The Morgan fingerprint density at radius 2 is 1.84 bits per heavy atom. The van der Waals surface area contributed by atoms with Crippen LogP contribution in [-0.2, 0) is 17.8 Å². The molecule has 4 nitrogen and oxygen atoms in total. The van der Waals surface area contributed by atoms with Gasteiger partial charge in [0.2, 0.25) is 0 Å². The van der Waals surface area contributed by atoms with Gasteiger partial charge in [0.15, 0.2) is 0 Å². The summed E-state index contributed by atoms with van der Waals surface area (Å²) in [5, 5.41) is 14.9. The molecule has 1 atom stereocenters. The molecular formula is C20H19BrN2O2. The monoisotopic (exact) mass is 398 g/mol. The second kappa shape index (κ2) is 7.68. The van der Waals surface area contributed by atoms with E-state index in [-0.39, 0.29) is 0 Å². The van der Waals surface area contributed by atoms with Crippen molar-refractivity contribution >= 4 is 38.4 Å². The molecule has 0 saturated carbocycles. The molecule has 0 saturated heterocycles. The van der Waals surface area contributed by atoms with Crippen LogP contribution in [0, 0.1) is 0 Å². The van der Waals surface area contributed by atoms with Crippen molar-refractivity contribution in [1.82, 2.24) is 5.32 Å². The number of benzene rings is 3. The third-order valence-corrected chi connectivity index (χ3v) is 4.74. The number of aliphatic carboxylic acids is 1. The molecule has 0 aliphatic rings. The first-order chi connectivity index (χ1) is 12.0. The number of fused-ring (bicyclic) bond motifs is 1. The van der Waals surface area contributed by atoms with Crippen molar-refractivity contribution < 1.29 is 9.90 Å². The minimum Gasteiger partial charge on any atom is -0.480 e. The molecule has 0 amide bonds. The van der Waals surface area contributed by atoms with Crippen molar-refractivity contribution in [2.45, 2.75) is 19.0 Å². The summed E-state index contributed by atoms with van der Waals surface area (Å²) in [6.45, 7) is 0.396. The minimum atomic E-state index is -0.874. The van der Waals surface area contributed by atoms with Crippen LogP contribution >= 0.6 is 15.9 Å². The Balaban J connectivity index is 1.79. The van der Waals surface area contributed by atoms with E-state index in [2.05, 4.69) is 21.2 Å². The highest BCUT2D eigenvalue weighted by Gasteiger charge is 2.19. The largest absolute Gasteiger partial charge is 0.480 e. The van der Waals surface area contributed by atoms with Crippen molar-refractivity contribution in [2.75, 3.05) is 5.73 Å². The third kappa shape index (κ3) is 4.18. The molecule has 4 N–H and O–H groups in total. The number of carboxylic acids is 1. The number of nitrogens with one attached hydrogen (secondary N) is 1. The highest BCUT2D eigenvalue weighted by Crippen LogP contribution is 2.21. The molecule has 0 aliphatic heterocycles. The zero-order valence-corrected chi connectivity index (χ0v) is 15.2. The quantitative estimate of drug-likeness (QED) is 0.549. The Bertz CT molecular complexity index is 906. The lowest BCUT2D eigenvalue weighted by molar-refractivity contribution is -0.139. The number of rotatable bonds is 6. The van der Waals surface area contributed by atoms with E-state index in [1.54, 1.807) is 0 Å². The van der Waals surface area contributed by atoms with E-state index in [1.165, 1.54) is 0 Å². The fourth-order valence-electron chi connectivity index (χ4n) is 2.90. The maximum atomic E-state index is 11.7.